The van der Waals surface area contributed by atoms with E-state index in [0.29, 0.717) is 5.56 Å². The average Bonchev–Trinajstić information content (AvgIpc) is 2.99. The fourth-order valence-corrected chi connectivity index (χ4v) is 3.45. The number of rotatable bonds is 7. The van der Waals surface area contributed by atoms with Gasteiger partial charge in [-0.2, -0.15) is 0 Å². The molecule has 8 heteroatoms. The van der Waals surface area contributed by atoms with E-state index in [-0.39, 0.29) is 18.9 Å². The van der Waals surface area contributed by atoms with E-state index in [9.17, 15) is 19.2 Å². The van der Waals surface area contributed by atoms with Crippen LogP contribution < -0.4 is 10.6 Å². The Labute approximate surface area is 174 Å². The van der Waals surface area contributed by atoms with Crippen LogP contribution in [0.25, 0.3) is 0 Å². The number of carbonyl (C=O) groups is 4. The zero-order chi connectivity index (χ0) is 21.7. The number of benzene rings is 2. The van der Waals surface area contributed by atoms with E-state index in [0.717, 1.165) is 10.5 Å². The molecule has 1 aliphatic heterocycles. The maximum absolute atomic E-state index is 13.5. The van der Waals surface area contributed by atoms with Crippen LogP contribution in [0.4, 0.5) is 4.79 Å². The summed E-state index contributed by atoms with van der Waals surface area (Å²) in [6.07, 6.45) is 0.251. The lowest BCUT2D eigenvalue weighted by Crippen LogP contribution is -2.47. The van der Waals surface area contributed by atoms with Crippen molar-refractivity contribution in [3.63, 3.8) is 0 Å². The van der Waals surface area contributed by atoms with Crippen molar-refractivity contribution in [2.75, 3.05) is 27.2 Å². The van der Waals surface area contributed by atoms with Crippen molar-refractivity contribution in [3.8, 4) is 0 Å². The van der Waals surface area contributed by atoms with E-state index < -0.39 is 29.9 Å². The highest BCUT2D eigenvalue weighted by atomic mass is 16.2. The Morgan fingerprint density at radius 1 is 1.03 bits per heavy atom. The van der Waals surface area contributed by atoms with E-state index in [1.165, 1.54) is 19.0 Å². The second kappa shape index (κ2) is 8.77. The lowest BCUT2D eigenvalue weighted by atomic mass is 9.83. The van der Waals surface area contributed by atoms with Crippen LogP contribution in [0.2, 0.25) is 0 Å². The van der Waals surface area contributed by atoms with Gasteiger partial charge in [0.05, 0.1) is 6.54 Å². The zero-order valence-electron chi connectivity index (χ0n) is 16.9. The number of nitrogens with one attached hydrogen (secondary N) is 2. The summed E-state index contributed by atoms with van der Waals surface area (Å²) in [5.74, 6) is -1.35. The van der Waals surface area contributed by atoms with Crippen LogP contribution in [0.15, 0.2) is 60.7 Å². The maximum Gasteiger partial charge on any atom is 0.325 e. The molecule has 1 heterocycles. The second-order valence-electron chi connectivity index (χ2n) is 7.18. The summed E-state index contributed by atoms with van der Waals surface area (Å²) in [5, 5.41) is 5.25. The maximum atomic E-state index is 13.5. The van der Waals surface area contributed by atoms with Crippen molar-refractivity contribution >= 4 is 23.8 Å². The molecule has 0 aliphatic carbocycles. The molecular weight excluding hydrogens is 384 g/mol. The van der Waals surface area contributed by atoms with Gasteiger partial charge in [0.15, 0.2) is 5.54 Å². The molecule has 2 aromatic carbocycles. The molecule has 8 nitrogen and oxygen atoms in total. The molecule has 0 saturated carbocycles. The van der Waals surface area contributed by atoms with Crippen LogP contribution >= 0.6 is 0 Å². The summed E-state index contributed by atoms with van der Waals surface area (Å²) in [6, 6.07) is 17.7. The number of hydrogen-bond acceptors (Lipinski definition) is 4. The Bertz CT molecular complexity index is 948. The largest absolute Gasteiger partial charge is 0.358 e. The first-order chi connectivity index (χ1) is 14.4. The summed E-state index contributed by atoms with van der Waals surface area (Å²) in [6.45, 7) is -0.603. The van der Waals surface area contributed by atoms with Crippen molar-refractivity contribution in [1.29, 1.82) is 0 Å². The van der Waals surface area contributed by atoms with Crippen molar-refractivity contribution < 1.29 is 19.2 Å². The van der Waals surface area contributed by atoms with Gasteiger partial charge < -0.3 is 15.5 Å². The SMILES string of the molecule is CNC(=O)CN(C)C(=O)CN1C(=O)N[C@](Cc2ccccc2)(c2ccccc2)C1=O. The van der Waals surface area contributed by atoms with E-state index >= 15 is 0 Å². The molecule has 5 amide bonds. The third-order valence-electron chi connectivity index (χ3n) is 5.13. The number of carbonyl (C=O) groups excluding carboxylic acids is 4. The Balaban J connectivity index is 1.88. The van der Waals surface area contributed by atoms with Crippen LogP contribution in [0.3, 0.4) is 0 Å². The lowest BCUT2D eigenvalue weighted by Gasteiger charge is -2.28. The second-order valence-corrected chi connectivity index (χ2v) is 7.18. The number of likely N-dealkylation sites (N-methyl/N-ethyl adjacent to an activating group) is 2. The minimum Gasteiger partial charge on any atom is -0.358 e. The van der Waals surface area contributed by atoms with E-state index in [1.807, 2.05) is 36.4 Å². The van der Waals surface area contributed by atoms with Gasteiger partial charge in [0.2, 0.25) is 11.8 Å². The smallest absolute Gasteiger partial charge is 0.325 e. The van der Waals surface area contributed by atoms with Gasteiger partial charge in [-0.15, -0.1) is 0 Å². The van der Waals surface area contributed by atoms with Gasteiger partial charge in [0, 0.05) is 20.5 Å². The monoisotopic (exact) mass is 408 g/mol. The molecular formula is C22H24N4O4. The number of imide groups is 1. The fourth-order valence-electron chi connectivity index (χ4n) is 3.45. The number of urea groups is 1. The summed E-state index contributed by atoms with van der Waals surface area (Å²) in [5.41, 5.74) is 0.208. The molecule has 0 bridgehead atoms. The van der Waals surface area contributed by atoms with Crippen LogP contribution in [0.1, 0.15) is 11.1 Å². The van der Waals surface area contributed by atoms with Gasteiger partial charge in [-0.05, 0) is 11.1 Å². The van der Waals surface area contributed by atoms with Gasteiger partial charge in [-0.25, -0.2) is 4.79 Å². The topological polar surface area (TPSA) is 98.8 Å². The number of amides is 5. The van der Waals surface area contributed by atoms with Crippen molar-refractivity contribution in [3.05, 3.63) is 71.8 Å². The summed E-state index contributed by atoms with van der Waals surface area (Å²) in [7, 11) is 2.92. The first kappa shape index (κ1) is 21.0. The van der Waals surface area contributed by atoms with Crippen molar-refractivity contribution in [2.24, 2.45) is 0 Å². The van der Waals surface area contributed by atoms with Crippen molar-refractivity contribution in [1.82, 2.24) is 20.4 Å². The normalized spacial score (nSPS) is 18.1. The van der Waals surface area contributed by atoms with Crippen LogP contribution in [-0.4, -0.2) is 60.7 Å². The molecule has 0 spiro atoms. The van der Waals surface area contributed by atoms with E-state index in [1.54, 1.807) is 24.3 Å². The van der Waals surface area contributed by atoms with E-state index in [2.05, 4.69) is 10.6 Å². The fraction of sp³-hybridized carbons (Fsp3) is 0.273. The molecule has 156 valence electrons. The lowest BCUT2D eigenvalue weighted by molar-refractivity contribution is -0.139. The molecule has 1 atom stereocenters. The molecule has 2 aromatic rings. The van der Waals surface area contributed by atoms with Crippen LogP contribution in [0.5, 0.6) is 0 Å². The van der Waals surface area contributed by atoms with Gasteiger partial charge in [-0.3, -0.25) is 19.3 Å². The highest BCUT2D eigenvalue weighted by molar-refractivity contribution is 6.09. The molecule has 1 aliphatic rings. The molecule has 2 N–H and O–H groups in total. The Morgan fingerprint density at radius 2 is 1.63 bits per heavy atom. The van der Waals surface area contributed by atoms with Gasteiger partial charge in [-0.1, -0.05) is 60.7 Å². The third kappa shape index (κ3) is 4.17. The van der Waals surface area contributed by atoms with E-state index in [4.69, 9.17) is 0 Å². The summed E-state index contributed by atoms with van der Waals surface area (Å²) < 4.78 is 0. The molecule has 0 unspecified atom stereocenters. The minimum absolute atomic E-state index is 0.160. The molecule has 1 fully saturated rings. The number of hydrogen-bond donors (Lipinski definition) is 2. The summed E-state index contributed by atoms with van der Waals surface area (Å²) >= 11 is 0. The standard InChI is InChI=1S/C22H24N4O4/c1-23-18(27)14-25(2)19(28)15-26-20(29)22(24-21(26)30,17-11-7-4-8-12-17)13-16-9-5-3-6-10-16/h3-12H,13-15H2,1-2H3,(H,23,27)(H,24,30)/t22-/m1/s1. The third-order valence-corrected chi connectivity index (χ3v) is 5.13. The first-order valence-corrected chi connectivity index (χ1v) is 9.55. The molecule has 30 heavy (non-hydrogen) atoms. The highest BCUT2D eigenvalue weighted by Gasteiger charge is 2.52. The Kier molecular flexibility index (Phi) is 6.15. The van der Waals surface area contributed by atoms with Gasteiger partial charge in [0.25, 0.3) is 5.91 Å². The Morgan fingerprint density at radius 3 is 2.23 bits per heavy atom. The van der Waals surface area contributed by atoms with Crippen LogP contribution in [0, 0.1) is 0 Å². The van der Waals surface area contributed by atoms with Gasteiger partial charge in [0.1, 0.15) is 6.54 Å². The van der Waals surface area contributed by atoms with Crippen molar-refractivity contribution in [2.45, 2.75) is 12.0 Å². The quantitative estimate of drug-likeness (QED) is 0.665. The predicted molar refractivity (Wildman–Crippen MR) is 110 cm³/mol. The highest BCUT2D eigenvalue weighted by Crippen LogP contribution is 2.33. The first-order valence-electron chi connectivity index (χ1n) is 9.55. The predicted octanol–water partition coefficient (Wildman–Crippen LogP) is 0.881. The number of nitrogens with zero attached hydrogens (tertiary/aromatic N) is 2. The molecule has 3 rings (SSSR count). The zero-order valence-corrected chi connectivity index (χ0v) is 16.9. The minimum atomic E-state index is -1.31. The molecule has 0 radical (unpaired) electrons. The van der Waals surface area contributed by atoms with Crippen LogP contribution in [-0.2, 0) is 26.3 Å². The molecule has 1 saturated heterocycles. The van der Waals surface area contributed by atoms with Gasteiger partial charge >= 0.3 is 6.03 Å². The Hall–Kier alpha value is -3.68. The summed E-state index contributed by atoms with van der Waals surface area (Å²) in [4.78, 5) is 52.3. The average molecular weight is 408 g/mol. The molecule has 0 aromatic heterocycles.